The molecule has 3 rings (SSSR count). The van der Waals surface area contributed by atoms with E-state index >= 15 is 0 Å². The zero-order valence-corrected chi connectivity index (χ0v) is 14.8. The minimum atomic E-state index is -0.246. The molecule has 2 unspecified atom stereocenters. The maximum Gasteiger partial charge on any atom is 0.148 e. The summed E-state index contributed by atoms with van der Waals surface area (Å²) < 4.78 is 15.5. The number of likely N-dealkylation sites (tertiary alicyclic amines) is 1. The lowest BCUT2D eigenvalue weighted by Gasteiger charge is -2.24. The lowest BCUT2D eigenvalue weighted by molar-refractivity contribution is 0.239. The van der Waals surface area contributed by atoms with Gasteiger partial charge in [0.2, 0.25) is 0 Å². The third-order valence-electron chi connectivity index (χ3n) is 4.95. The average molecular weight is 330 g/mol. The molecule has 2 heterocycles. The van der Waals surface area contributed by atoms with Gasteiger partial charge in [0.25, 0.3) is 0 Å². The van der Waals surface area contributed by atoms with E-state index in [4.69, 9.17) is 0 Å². The van der Waals surface area contributed by atoms with Crippen molar-refractivity contribution in [2.45, 2.75) is 32.4 Å². The van der Waals surface area contributed by atoms with Crippen LogP contribution in [0.1, 0.15) is 25.3 Å². The van der Waals surface area contributed by atoms with Crippen LogP contribution in [0, 0.1) is 11.7 Å². The molecule has 0 amide bonds. The predicted molar refractivity (Wildman–Crippen MR) is 94.7 cm³/mol. The molecule has 2 atom stereocenters. The van der Waals surface area contributed by atoms with Crippen LogP contribution < -0.4 is 0 Å². The average Bonchev–Trinajstić information content (AvgIpc) is 3.16. The van der Waals surface area contributed by atoms with E-state index in [1.54, 1.807) is 16.8 Å². The van der Waals surface area contributed by atoms with Crippen molar-refractivity contribution in [2.24, 2.45) is 5.92 Å². The second-order valence-electron chi connectivity index (χ2n) is 7.02. The number of hydrogen-bond acceptors (Lipinski definition) is 3. The molecule has 0 saturated carbocycles. The molecule has 1 aliphatic heterocycles. The van der Waals surface area contributed by atoms with Crippen molar-refractivity contribution in [3.63, 3.8) is 0 Å². The fraction of sp³-hybridized carbons (Fsp3) is 0.526. The first-order valence-electron chi connectivity index (χ1n) is 8.75. The molecule has 0 spiro atoms. The third-order valence-corrected chi connectivity index (χ3v) is 4.95. The van der Waals surface area contributed by atoms with Gasteiger partial charge in [0, 0.05) is 37.4 Å². The van der Waals surface area contributed by atoms with Crippen LogP contribution in [0.4, 0.5) is 4.39 Å². The van der Waals surface area contributed by atoms with Crippen molar-refractivity contribution < 1.29 is 4.39 Å². The summed E-state index contributed by atoms with van der Waals surface area (Å²) >= 11 is 0. The Morgan fingerprint density at radius 1 is 1.25 bits per heavy atom. The Balaban J connectivity index is 1.68. The van der Waals surface area contributed by atoms with Gasteiger partial charge in [-0.15, -0.1) is 0 Å². The zero-order chi connectivity index (χ0) is 17.1. The van der Waals surface area contributed by atoms with Crippen LogP contribution in [-0.4, -0.2) is 52.8 Å². The van der Waals surface area contributed by atoms with Crippen LogP contribution in [0.5, 0.6) is 0 Å². The first-order chi connectivity index (χ1) is 11.6. The van der Waals surface area contributed by atoms with Gasteiger partial charge < -0.3 is 4.90 Å². The van der Waals surface area contributed by atoms with Gasteiger partial charge in [-0.1, -0.05) is 25.5 Å². The summed E-state index contributed by atoms with van der Waals surface area (Å²) in [6.07, 6.45) is 6.29. The molecule has 1 aromatic carbocycles. The highest BCUT2D eigenvalue weighted by Crippen LogP contribution is 2.26. The number of halogens is 1. The lowest BCUT2D eigenvalue weighted by atomic mass is 9.98. The maximum atomic E-state index is 13.9. The van der Waals surface area contributed by atoms with E-state index in [-0.39, 0.29) is 5.82 Å². The van der Waals surface area contributed by atoms with Crippen molar-refractivity contribution in [3.8, 4) is 5.69 Å². The predicted octanol–water partition coefficient (Wildman–Crippen LogP) is 3.17. The summed E-state index contributed by atoms with van der Waals surface area (Å²) in [5, 5.41) is 4.34. The van der Waals surface area contributed by atoms with Crippen molar-refractivity contribution in [1.29, 1.82) is 0 Å². The molecule has 4 nitrogen and oxygen atoms in total. The molecule has 0 aliphatic carbocycles. The highest BCUT2D eigenvalue weighted by atomic mass is 19.1. The molecule has 1 fully saturated rings. The Morgan fingerprint density at radius 3 is 2.75 bits per heavy atom. The summed E-state index contributed by atoms with van der Waals surface area (Å²) in [4.78, 5) is 4.84. The normalized spacial score (nSPS) is 21.7. The topological polar surface area (TPSA) is 24.3 Å². The number of para-hydroxylation sites is 1. The molecule has 24 heavy (non-hydrogen) atoms. The lowest BCUT2D eigenvalue weighted by Crippen LogP contribution is -2.35. The first kappa shape index (κ1) is 17.1. The minimum absolute atomic E-state index is 0.246. The van der Waals surface area contributed by atoms with Crippen molar-refractivity contribution in [3.05, 3.63) is 48.0 Å². The molecule has 0 N–H and O–H groups in total. The molecule has 130 valence electrons. The highest BCUT2D eigenvalue weighted by Gasteiger charge is 2.33. The van der Waals surface area contributed by atoms with E-state index < -0.39 is 0 Å². The van der Waals surface area contributed by atoms with E-state index in [1.165, 1.54) is 18.9 Å². The second kappa shape index (κ2) is 7.45. The van der Waals surface area contributed by atoms with E-state index in [0.29, 0.717) is 11.7 Å². The van der Waals surface area contributed by atoms with Crippen LogP contribution in [0.2, 0.25) is 0 Å². The summed E-state index contributed by atoms with van der Waals surface area (Å²) in [6.45, 7) is 5.34. The molecule has 2 aromatic rings. The fourth-order valence-electron chi connectivity index (χ4n) is 3.78. The van der Waals surface area contributed by atoms with Crippen LogP contribution >= 0.6 is 0 Å². The Labute approximate surface area is 143 Å². The van der Waals surface area contributed by atoms with Crippen molar-refractivity contribution >= 4 is 0 Å². The van der Waals surface area contributed by atoms with E-state index in [9.17, 15) is 4.39 Å². The molecule has 1 saturated heterocycles. The standard InChI is InChI=1S/C19H27FN4/c1-4-7-16-13-23(14-19(16)22(2)3)11-15-10-21-24(12-15)18-9-6-5-8-17(18)20/h5-6,8-10,12,16,19H,4,7,11,13-14H2,1-3H3. The summed E-state index contributed by atoms with van der Waals surface area (Å²) in [6, 6.07) is 7.36. The maximum absolute atomic E-state index is 13.9. The van der Waals surface area contributed by atoms with Gasteiger partial charge >= 0.3 is 0 Å². The molecule has 1 aliphatic rings. The van der Waals surface area contributed by atoms with Crippen LogP contribution in [0.3, 0.4) is 0 Å². The van der Waals surface area contributed by atoms with Gasteiger partial charge in [-0.05, 0) is 38.6 Å². The van der Waals surface area contributed by atoms with Gasteiger partial charge in [-0.2, -0.15) is 5.10 Å². The zero-order valence-electron chi connectivity index (χ0n) is 14.8. The van der Waals surface area contributed by atoms with Gasteiger partial charge in [0.05, 0.1) is 6.20 Å². The van der Waals surface area contributed by atoms with Crippen LogP contribution in [0.15, 0.2) is 36.7 Å². The van der Waals surface area contributed by atoms with Gasteiger partial charge in [-0.25, -0.2) is 9.07 Å². The Bertz CT molecular complexity index is 667. The quantitative estimate of drug-likeness (QED) is 0.813. The third kappa shape index (κ3) is 3.68. The second-order valence-corrected chi connectivity index (χ2v) is 7.02. The number of likely N-dealkylation sites (N-methyl/N-ethyl adjacent to an activating group) is 1. The summed E-state index contributed by atoms with van der Waals surface area (Å²) in [5.74, 6) is 0.482. The molecule has 0 bridgehead atoms. The van der Waals surface area contributed by atoms with E-state index in [1.807, 2.05) is 18.5 Å². The molecule has 5 heteroatoms. The van der Waals surface area contributed by atoms with Crippen LogP contribution in [-0.2, 0) is 6.54 Å². The first-order valence-corrected chi connectivity index (χ1v) is 8.75. The number of hydrogen-bond donors (Lipinski definition) is 0. The number of aromatic nitrogens is 2. The summed E-state index contributed by atoms with van der Waals surface area (Å²) in [5.41, 5.74) is 1.63. The monoisotopic (exact) mass is 330 g/mol. The van der Waals surface area contributed by atoms with E-state index in [0.717, 1.165) is 31.1 Å². The van der Waals surface area contributed by atoms with E-state index in [2.05, 4.69) is 35.9 Å². The summed E-state index contributed by atoms with van der Waals surface area (Å²) in [7, 11) is 4.35. The smallest absolute Gasteiger partial charge is 0.148 e. The molecular weight excluding hydrogens is 303 g/mol. The van der Waals surface area contributed by atoms with Crippen molar-refractivity contribution in [2.75, 3.05) is 27.2 Å². The number of benzene rings is 1. The molecule has 0 radical (unpaired) electrons. The highest BCUT2D eigenvalue weighted by molar-refractivity contribution is 5.32. The Kier molecular flexibility index (Phi) is 5.31. The van der Waals surface area contributed by atoms with Gasteiger partial charge in [0.1, 0.15) is 11.5 Å². The Hall–Kier alpha value is -1.72. The molecular formula is C19H27FN4. The number of nitrogens with zero attached hydrogens (tertiary/aromatic N) is 4. The van der Waals surface area contributed by atoms with Gasteiger partial charge in [0.15, 0.2) is 0 Å². The largest absolute Gasteiger partial charge is 0.305 e. The SMILES string of the molecule is CCCC1CN(Cc2cnn(-c3ccccc3F)c2)CC1N(C)C. The fourth-order valence-corrected chi connectivity index (χ4v) is 3.78. The van der Waals surface area contributed by atoms with Crippen LogP contribution in [0.25, 0.3) is 5.69 Å². The van der Waals surface area contributed by atoms with Gasteiger partial charge in [-0.3, -0.25) is 4.90 Å². The number of rotatable bonds is 6. The molecule has 1 aromatic heterocycles. The minimum Gasteiger partial charge on any atom is -0.305 e. The Morgan fingerprint density at radius 2 is 2.04 bits per heavy atom. The van der Waals surface area contributed by atoms with Crippen molar-refractivity contribution in [1.82, 2.24) is 19.6 Å².